The third-order valence-electron chi connectivity index (χ3n) is 4.33. The second-order valence-electron chi connectivity index (χ2n) is 6.39. The number of ether oxygens (including phenoxy) is 2. The highest BCUT2D eigenvalue weighted by atomic mass is 19.1. The first-order valence-electron chi connectivity index (χ1n) is 8.98. The Morgan fingerprint density at radius 1 is 1.08 bits per heavy atom. The Labute approximate surface area is 154 Å². The molecule has 0 atom stereocenters. The normalized spacial score (nSPS) is 12.8. The Morgan fingerprint density at radius 3 is 2.73 bits per heavy atom. The van der Waals surface area contributed by atoms with Crippen LogP contribution in [0.25, 0.3) is 0 Å². The maximum absolute atomic E-state index is 14.6. The van der Waals surface area contributed by atoms with E-state index in [1.807, 2.05) is 19.2 Å². The summed E-state index contributed by atoms with van der Waals surface area (Å²) >= 11 is 0. The van der Waals surface area contributed by atoms with E-state index in [1.165, 1.54) is 11.6 Å². The predicted molar refractivity (Wildman–Crippen MR) is 102 cm³/mol. The molecule has 0 unspecified atom stereocenters. The number of hydrogen-bond acceptors (Lipinski definition) is 4. The second kappa shape index (κ2) is 8.92. The zero-order valence-electron chi connectivity index (χ0n) is 15.3. The minimum atomic E-state index is -0.315. The van der Waals surface area contributed by atoms with Crippen molar-refractivity contribution in [2.45, 2.75) is 19.9 Å². The molecular weight excluding hydrogens is 331 g/mol. The second-order valence-corrected chi connectivity index (χ2v) is 6.39. The summed E-state index contributed by atoms with van der Waals surface area (Å²) in [7, 11) is 1.91. The van der Waals surface area contributed by atoms with Gasteiger partial charge in [0.1, 0.15) is 18.2 Å². The third-order valence-corrected chi connectivity index (χ3v) is 4.33. The molecule has 5 heteroatoms. The van der Waals surface area contributed by atoms with Gasteiger partial charge in [-0.15, -0.1) is 0 Å². The number of nitrogens with zero attached hydrogens (tertiary/aromatic N) is 1. The summed E-state index contributed by atoms with van der Waals surface area (Å²) < 4.78 is 25.6. The van der Waals surface area contributed by atoms with Gasteiger partial charge in [0.15, 0.2) is 0 Å². The van der Waals surface area contributed by atoms with Crippen molar-refractivity contribution >= 4 is 5.71 Å². The largest absolute Gasteiger partial charge is 0.491 e. The Hall–Kier alpha value is -2.24. The van der Waals surface area contributed by atoms with Crippen LogP contribution in [0.4, 0.5) is 4.39 Å². The van der Waals surface area contributed by atoms with Crippen molar-refractivity contribution in [1.29, 1.82) is 0 Å². The van der Waals surface area contributed by atoms with E-state index < -0.39 is 0 Å². The molecule has 0 aliphatic carbocycles. The molecule has 0 aromatic heterocycles. The molecule has 1 N–H and O–H groups in total. The molecule has 0 radical (unpaired) electrons. The van der Waals surface area contributed by atoms with Crippen LogP contribution >= 0.6 is 0 Å². The van der Waals surface area contributed by atoms with E-state index in [1.54, 1.807) is 12.1 Å². The van der Waals surface area contributed by atoms with Gasteiger partial charge in [0.05, 0.1) is 18.9 Å². The summed E-state index contributed by atoms with van der Waals surface area (Å²) in [5.74, 6) is 0.192. The first-order chi connectivity index (χ1) is 12.7. The van der Waals surface area contributed by atoms with Crippen LogP contribution in [0.15, 0.2) is 41.4 Å². The molecule has 1 heterocycles. The van der Waals surface area contributed by atoms with E-state index in [0.29, 0.717) is 37.7 Å². The molecule has 2 aromatic rings. The topological polar surface area (TPSA) is 42.8 Å². The van der Waals surface area contributed by atoms with Gasteiger partial charge in [0.25, 0.3) is 0 Å². The molecule has 1 aliphatic rings. The van der Waals surface area contributed by atoms with Crippen molar-refractivity contribution in [3.05, 3.63) is 64.5 Å². The summed E-state index contributed by atoms with van der Waals surface area (Å²) in [5.41, 5.74) is 4.59. The average molecular weight is 356 g/mol. The Balaban J connectivity index is 1.57. The number of fused-ring (bicyclic) bond motifs is 1. The molecule has 26 heavy (non-hydrogen) atoms. The third kappa shape index (κ3) is 4.48. The lowest BCUT2D eigenvalue weighted by Gasteiger charge is -2.10. The highest BCUT2D eigenvalue weighted by Gasteiger charge is 2.20. The van der Waals surface area contributed by atoms with Crippen molar-refractivity contribution in [3.63, 3.8) is 0 Å². The molecule has 0 saturated heterocycles. The number of benzene rings is 2. The van der Waals surface area contributed by atoms with Crippen LogP contribution in [0.5, 0.6) is 5.75 Å². The van der Waals surface area contributed by atoms with Gasteiger partial charge in [-0.05, 0) is 44.6 Å². The van der Waals surface area contributed by atoms with Crippen molar-refractivity contribution in [2.75, 3.05) is 33.4 Å². The predicted octanol–water partition coefficient (Wildman–Crippen LogP) is 3.49. The molecule has 3 rings (SSSR count). The molecule has 0 spiro atoms. The quantitative estimate of drug-likeness (QED) is 0.700. The molecule has 1 aliphatic heterocycles. The standard InChI is InChI=1S/C21H25FN2O2/c1-15-4-6-18-16(12-15)14-24-21(18)19-7-5-17(13-20(19)22)26-11-10-25-9-3-8-23-2/h4-7,12-13,23H,3,8-11,14H2,1-2H3. The van der Waals surface area contributed by atoms with Gasteiger partial charge in [-0.3, -0.25) is 4.99 Å². The van der Waals surface area contributed by atoms with Crippen LogP contribution in [0.1, 0.15) is 28.7 Å². The van der Waals surface area contributed by atoms with Gasteiger partial charge >= 0.3 is 0 Å². The van der Waals surface area contributed by atoms with Crippen LogP contribution in [-0.2, 0) is 11.3 Å². The number of aliphatic imine (C=N–C) groups is 1. The van der Waals surface area contributed by atoms with Crippen molar-refractivity contribution in [1.82, 2.24) is 5.32 Å². The molecule has 4 nitrogen and oxygen atoms in total. The van der Waals surface area contributed by atoms with E-state index in [4.69, 9.17) is 9.47 Å². The molecule has 0 bridgehead atoms. The number of rotatable bonds is 9. The summed E-state index contributed by atoms with van der Waals surface area (Å²) in [5, 5.41) is 3.07. The van der Waals surface area contributed by atoms with Crippen LogP contribution in [0.3, 0.4) is 0 Å². The Bertz CT molecular complexity index is 790. The fraction of sp³-hybridized carbons (Fsp3) is 0.381. The monoisotopic (exact) mass is 356 g/mol. The van der Waals surface area contributed by atoms with Gasteiger partial charge in [0.2, 0.25) is 0 Å². The van der Waals surface area contributed by atoms with Crippen molar-refractivity contribution in [3.8, 4) is 5.75 Å². The first-order valence-corrected chi connectivity index (χ1v) is 8.98. The van der Waals surface area contributed by atoms with Gasteiger partial charge in [-0.2, -0.15) is 0 Å². The SMILES string of the molecule is CNCCCOCCOc1ccc(C2=NCc3cc(C)ccc32)c(F)c1. The Kier molecular flexibility index (Phi) is 6.36. The highest BCUT2D eigenvalue weighted by molar-refractivity contribution is 6.15. The molecule has 0 amide bonds. The fourth-order valence-corrected chi connectivity index (χ4v) is 3.01. The zero-order valence-corrected chi connectivity index (χ0v) is 15.3. The summed E-state index contributed by atoms with van der Waals surface area (Å²) in [6.45, 7) is 5.18. The van der Waals surface area contributed by atoms with Crippen molar-refractivity contribution in [2.24, 2.45) is 4.99 Å². The van der Waals surface area contributed by atoms with Crippen LogP contribution in [0, 0.1) is 12.7 Å². The number of aryl methyl sites for hydroxylation is 1. The molecule has 138 valence electrons. The number of nitrogens with one attached hydrogen (secondary N) is 1. The lowest BCUT2D eigenvalue weighted by Crippen LogP contribution is -2.13. The van der Waals surface area contributed by atoms with Gasteiger partial charge in [0, 0.05) is 23.8 Å². The van der Waals surface area contributed by atoms with Crippen LogP contribution in [0.2, 0.25) is 0 Å². The molecule has 2 aromatic carbocycles. The Morgan fingerprint density at radius 2 is 1.92 bits per heavy atom. The zero-order chi connectivity index (χ0) is 18.4. The first kappa shape index (κ1) is 18.5. The number of halogens is 1. The summed E-state index contributed by atoms with van der Waals surface area (Å²) in [6, 6.07) is 11.1. The van der Waals surface area contributed by atoms with Crippen LogP contribution in [-0.4, -0.2) is 39.1 Å². The average Bonchev–Trinajstić information content (AvgIpc) is 3.04. The summed E-state index contributed by atoms with van der Waals surface area (Å²) in [4.78, 5) is 4.53. The minimum absolute atomic E-state index is 0.315. The molecule has 0 fully saturated rings. The fourth-order valence-electron chi connectivity index (χ4n) is 3.01. The van der Waals surface area contributed by atoms with Gasteiger partial charge < -0.3 is 14.8 Å². The molecular formula is C21H25FN2O2. The minimum Gasteiger partial charge on any atom is -0.491 e. The van der Waals surface area contributed by atoms with Crippen molar-refractivity contribution < 1.29 is 13.9 Å². The molecule has 0 saturated carbocycles. The van der Waals surface area contributed by atoms with Gasteiger partial charge in [-0.25, -0.2) is 4.39 Å². The lowest BCUT2D eigenvalue weighted by atomic mass is 9.98. The smallest absolute Gasteiger partial charge is 0.136 e. The van der Waals surface area contributed by atoms with Crippen LogP contribution < -0.4 is 10.1 Å². The lowest BCUT2D eigenvalue weighted by molar-refractivity contribution is 0.0985. The van der Waals surface area contributed by atoms with Gasteiger partial charge in [-0.1, -0.05) is 23.8 Å². The van der Waals surface area contributed by atoms with E-state index in [9.17, 15) is 4.39 Å². The van der Waals surface area contributed by atoms with E-state index in [0.717, 1.165) is 29.8 Å². The number of hydrogen-bond donors (Lipinski definition) is 1. The maximum atomic E-state index is 14.6. The van der Waals surface area contributed by atoms with E-state index >= 15 is 0 Å². The maximum Gasteiger partial charge on any atom is 0.136 e. The van der Waals surface area contributed by atoms with E-state index in [-0.39, 0.29) is 5.82 Å². The summed E-state index contributed by atoms with van der Waals surface area (Å²) in [6.07, 6.45) is 0.961. The highest BCUT2D eigenvalue weighted by Crippen LogP contribution is 2.27. The van der Waals surface area contributed by atoms with E-state index in [2.05, 4.69) is 23.3 Å².